The molecule has 1 aliphatic heterocycles. The third kappa shape index (κ3) is 3.80. The number of benzene rings is 2. The molecule has 0 radical (unpaired) electrons. The Kier molecular flexibility index (Phi) is 6.04. The minimum absolute atomic E-state index is 0.0470. The van der Waals surface area contributed by atoms with Crippen LogP contribution in [0.4, 0.5) is 5.69 Å². The fraction of sp³-hybridized carbons (Fsp3) is 0.231. The van der Waals surface area contributed by atoms with E-state index in [2.05, 4.69) is 0 Å². The quantitative estimate of drug-likeness (QED) is 0.284. The number of amides is 1. The molecule has 0 aliphatic carbocycles. The highest BCUT2D eigenvalue weighted by Gasteiger charge is 2.48. The van der Waals surface area contributed by atoms with E-state index in [0.717, 1.165) is 5.56 Å². The molecule has 4 rings (SSSR count). The van der Waals surface area contributed by atoms with Gasteiger partial charge in [0.25, 0.3) is 11.7 Å². The van der Waals surface area contributed by atoms with Crippen molar-refractivity contribution in [2.75, 3.05) is 12.0 Å². The molecule has 7 heteroatoms. The summed E-state index contributed by atoms with van der Waals surface area (Å²) >= 11 is 6.30. The summed E-state index contributed by atoms with van der Waals surface area (Å²) in [5.41, 5.74) is 2.36. The van der Waals surface area contributed by atoms with Gasteiger partial charge in [0.1, 0.15) is 23.3 Å². The predicted molar refractivity (Wildman–Crippen MR) is 127 cm³/mol. The third-order valence-corrected chi connectivity index (χ3v) is 6.29. The second-order valence-electron chi connectivity index (χ2n) is 8.18. The van der Waals surface area contributed by atoms with Gasteiger partial charge in [0.15, 0.2) is 0 Å². The summed E-state index contributed by atoms with van der Waals surface area (Å²) in [6, 6.07) is 12.7. The van der Waals surface area contributed by atoms with Gasteiger partial charge in [0, 0.05) is 16.3 Å². The molecule has 2 aromatic carbocycles. The minimum atomic E-state index is -0.943. The van der Waals surface area contributed by atoms with E-state index in [1.165, 1.54) is 11.2 Å². The van der Waals surface area contributed by atoms with Crippen molar-refractivity contribution in [1.29, 1.82) is 0 Å². The van der Waals surface area contributed by atoms with E-state index in [-0.39, 0.29) is 17.3 Å². The van der Waals surface area contributed by atoms with E-state index in [0.29, 0.717) is 33.3 Å². The lowest BCUT2D eigenvalue weighted by Gasteiger charge is -2.25. The summed E-state index contributed by atoms with van der Waals surface area (Å²) in [6.45, 7) is 5.78. The van der Waals surface area contributed by atoms with Crippen LogP contribution in [0.25, 0.3) is 5.76 Å². The Morgan fingerprint density at radius 3 is 2.55 bits per heavy atom. The van der Waals surface area contributed by atoms with Crippen LogP contribution in [0.15, 0.2) is 64.8 Å². The van der Waals surface area contributed by atoms with Gasteiger partial charge in [-0.3, -0.25) is 14.5 Å². The smallest absolute Gasteiger partial charge is 0.300 e. The first-order valence-electron chi connectivity index (χ1n) is 10.5. The molecule has 1 fully saturated rings. The Labute approximate surface area is 197 Å². The zero-order valence-electron chi connectivity index (χ0n) is 18.8. The fourth-order valence-electron chi connectivity index (χ4n) is 4.14. The molecule has 1 aliphatic rings. The van der Waals surface area contributed by atoms with Crippen LogP contribution in [-0.4, -0.2) is 23.9 Å². The number of carbonyl (C=O) groups excluding carboxylic acids is 2. The van der Waals surface area contributed by atoms with E-state index in [1.54, 1.807) is 62.6 Å². The second-order valence-corrected chi connectivity index (χ2v) is 8.59. The maximum absolute atomic E-state index is 13.2. The first-order valence-corrected chi connectivity index (χ1v) is 10.9. The Bertz CT molecular complexity index is 1260. The maximum atomic E-state index is 13.2. The minimum Gasteiger partial charge on any atom is -0.507 e. The number of ether oxygens (including phenoxy) is 1. The molecule has 1 saturated heterocycles. The monoisotopic (exact) mass is 465 g/mol. The Balaban J connectivity index is 1.95. The molecule has 6 nitrogen and oxygen atoms in total. The van der Waals surface area contributed by atoms with Crippen LogP contribution in [-0.2, 0) is 9.59 Å². The van der Waals surface area contributed by atoms with Crippen LogP contribution >= 0.6 is 11.6 Å². The number of carbonyl (C=O) groups is 2. The molecule has 1 atom stereocenters. The molecule has 1 aromatic heterocycles. The summed E-state index contributed by atoms with van der Waals surface area (Å²) in [4.78, 5) is 27.8. The van der Waals surface area contributed by atoms with Crippen molar-refractivity contribution >= 4 is 34.7 Å². The van der Waals surface area contributed by atoms with Gasteiger partial charge in [-0.05, 0) is 66.4 Å². The molecule has 2 heterocycles. The standard InChI is InChI=1S/C26H24ClNO5/c1-14(2)17-13-16(10-11-20(17)32-4)24(29)22-23(21-9-6-12-33-21)28(26(31)25(22)30)19-8-5-7-18(27)15(19)3/h5-14,23,29H,1-4H3/b24-22-. The van der Waals surface area contributed by atoms with Gasteiger partial charge < -0.3 is 14.3 Å². The van der Waals surface area contributed by atoms with Crippen molar-refractivity contribution in [3.05, 3.63) is 87.8 Å². The molecule has 1 amide bonds. The number of aliphatic hydroxyl groups is 1. The van der Waals surface area contributed by atoms with E-state index >= 15 is 0 Å². The van der Waals surface area contributed by atoms with E-state index in [4.69, 9.17) is 20.8 Å². The largest absolute Gasteiger partial charge is 0.507 e. The molecule has 0 bridgehead atoms. The van der Waals surface area contributed by atoms with E-state index in [9.17, 15) is 14.7 Å². The molecular formula is C26H24ClNO5. The van der Waals surface area contributed by atoms with Crippen molar-refractivity contribution in [2.45, 2.75) is 32.7 Å². The highest BCUT2D eigenvalue weighted by molar-refractivity contribution is 6.52. The lowest BCUT2D eigenvalue weighted by atomic mass is 9.95. The number of hydrogen-bond acceptors (Lipinski definition) is 5. The number of furan rings is 1. The van der Waals surface area contributed by atoms with Gasteiger partial charge in [0.2, 0.25) is 0 Å². The van der Waals surface area contributed by atoms with Gasteiger partial charge in [-0.1, -0.05) is 31.5 Å². The number of aliphatic hydroxyl groups excluding tert-OH is 1. The summed E-state index contributed by atoms with van der Waals surface area (Å²) in [5, 5.41) is 11.8. The number of anilines is 1. The van der Waals surface area contributed by atoms with Crippen molar-refractivity contribution in [2.24, 2.45) is 0 Å². The number of hydrogen-bond donors (Lipinski definition) is 1. The average molecular weight is 466 g/mol. The van der Waals surface area contributed by atoms with Crippen LogP contribution in [0.1, 0.15) is 48.3 Å². The summed E-state index contributed by atoms with van der Waals surface area (Å²) in [7, 11) is 1.58. The fourth-order valence-corrected chi connectivity index (χ4v) is 4.31. The molecule has 170 valence electrons. The molecule has 1 unspecified atom stereocenters. The lowest BCUT2D eigenvalue weighted by Crippen LogP contribution is -2.30. The van der Waals surface area contributed by atoms with Gasteiger partial charge in [-0.2, -0.15) is 0 Å². The molecule has 0 saturated carbocycles. The Morgan fingerprint density at radius 1 is 1.15 bits per heavy atom. The zero-order chi connectivity index (χ0) is 23.9. The van der Waals surface area contributed by atoms with Gasteiger partial charge in [0.05, 0.1) is 18.9 Å². The number of methoxy groups -OCH3 is 1. The van der Waals surface area contributed by atoms with Crippen LogP contribution in [0.3, 0.4) is 0 Å². The van der Waals surface area contributed by atoms with E-state index in [1.807, 2.05) is 13.8 Å². The first-order chi connectivity index (χ1) is 15.8. The molecule has 33 heavy (non-hydrogen) atoms. The van der Waals surface area contributed by atoms with Crippen LogP contribution in [0, 0.1) is 6.92 Å². The van der Waals surface area contributed by atoms with Crippen LogP contribution in [0.2, 0.25) is 5.02 Å². The highest BCUT2D eigenvalue weighted by Crippen LogP contribution is 2.44. The van der Waals surface area contributed by atoms with Crippen LogP contribution in [0.5, 0.6) is 5.75 Å². The van der Waals surface area contributed by atoms with Crippen molar-refractivity contribution in [1.82, 2.24) is 0 Å². The number of ketones is 1. The summed E-state index contributed by atoms with van der Waals surface area (Å²) < 4.78 is 11.0. The number of rotatable bonds is 5. The number of Topliss-reactive ketones (excluding diaryl/α,β-unsaturated/α-hetero) is 1. The second kappa shape index (κ2) is 8.79. The predicted octanol–water partition coefficient (Wildman–Crippen LogP) is 6.00. The maximum Gasteiger partial charge on any atom is 0.300 e. The van der Waals surface area contributed by atoms with Gasteiger partial charge in [-0.25, -0.2) is 0 Å². The molecular weight excluding hydrogens is 442 g/mol. The normalized spacial score (nSPS) is 17.8. The van der Waals surface area contributed by atoms with Crippen LogP contribution < -0.4 is 9.64 Å². The summed E-state index contributed by atoms with van der Waals surface area (Å²) in [6.07, 6.45) is 1.46. The van der Waals surface area contributed by atoms with Crippen molar-refractivity contribution in [3.63, 3.8) is 0 Å². The van der Waals surface area contributed by atoms with Gasteiger partial charge in [-0.15, -0.1) is 0 Å². The SMILES string of the molecule is COc1ccc(/C(O)=C2/C(=O)C(=O)N(c3cccc(Cl)c3C)C2c2ccco2)cc1C(C)C. The summed E-state index contributed by atoms with van der Waals surface area (Å²) in [5.74, 6) is -0.686. The Morgan fingerprint density at radius 2 is 1.91 bits per heavy atom. The number of halogens is 1. The number of nitrogens with zero attached hydrogens (tertiary/aromatic N) is 1. The highest BCUT2D eigenvalue weighted by atomic mass is 35.5. The van der Waals surface area contributed by atoms with E-state index < -0.39 is 17.7 Å². The lowest BCUT2D eigenvalue weighted by molar-refractivity contribution is -0.132. The Hall–Kier alpha value is -3.51. The van der Waals surface area contributed by atoms with Gasteiger partial charge >= 0.3 is 0 Å². The molecule has 0 spiro atoms. The zero-order valence-corrected chi connectivity index (χ0v) is 19.5. The molecule has 1 N–H and O–H groups in total. The third-order valence-electron chi connectivity index (χ3n) is 5.88. The first kappa shape index (κ1) is 22.7. The molecule has 3 aromatic rings. The average Bonchev–Trinajstić information content (AvgIpc) is 3.42. The topological polar surface area (TPSA) is 80.0 Å². The van der Waals surface area contributed by atoms with Crippen molar-refractivity contribution in [3.8, 4) is 5.75 Å². The van der Waals surface area contributed by atoms with Crippen molar-refractivity contribution < 1.29 is 23.8 Å².